The van der Waals surface area contributed by atoms with Gasteiger partial charge < -0.3 is 9.26 Å². The molecule has 162 valence electrons. The number of benzene rings is 1. The summed E-state index contributed by atoms with van der Waals surface area (Å²) >= 11 is 0. The fraction of sp³-hybridized carbons (Fsp3) is 0.400. The summed E-state index contributed by atoms with van der Waals surface area (Å²) < 4.78 is 11.2. The van der Waals surface area contributed by atoms with Crippen LogP contribution in [0.3, 0.4) is 0 Å². The number of esters is 1. The van der Waals surface area contributed by atoms with Crippen molar-refractivity contribution in [3.63, 3.8) is 0 Å². The number of pyridine rings is 1. The van der Waals surface area contributed by atoms with Gasteiger partial charge in [-0.15, -0.1) is 0 Å². The second kappa shape index (κ2) is 9.43. The minimum absolute atomic E-state index is 0.153. The minimum Gasteiger partial charge on any atom is -0.466 e. The lowest BCUT2D eigenvalue weighted by molar-refractivity contribution is -0.159. The van der Waals surface area contributed by atoms with E-state index in [4.69, 9.17) is 9.26 Å². The number of likely N-dealkylation sites (tertiary alicyclic amines) is 1. The predicted molar refractivity (Wildman–Crippen MR) is 118 cm³/mol. The molecule has 31 heavy (non-hydrogen) atoms. The highest BCUT2D eigenvalue weighted by molar-refractivity contribution is 5.77. The lowest BCUT2D eigenvalue weighted by atomic mass is 9.76. The summed E-state index contributed by atoms with van der Waals surface area (Å²) in [5.74, 6) is 0.562. The Morgan fingerprint density at radius 2 is 2.16 bits per heavy atom. The van der Waals surface area contributed by atoms with Crippen LogP contribution in [-0.2, 0) is 22.5 Å². The van der Waals surface area contributed by atoms with Gasteiger partial charge in [-0.05, 0) is 50.9 Å². The molecule has 1 atom stereocenters. The van der Waals surface area contributed by atoms with Crippen LogP contribution in [0.5, 0.6) is 0 Å². The third-order valence-corrected chi connectivity index (χ3v) is 5.88. The van der Waals surface area contributed by atoms with Crippen LogP contribution in [0.4, 0.5) is 0 Å². The third kappa shape index (κ3) is 5.02. The zero-order valence-corrected chi connectivity index (χ0v) is 18.2. The van der Waals surface area contributed by atoms with Crippen molar-refractivity contribution in [1.29, 1.82) is 0 Å². The maximum Gasteiger partial charge on any atom is 0.313 e. The van der Waals surface area contributed by atoms with Crippen molar-refractivity contribution in [3.05, 3.63) is 71.7 Å². The van der Waals surface area contributed by atoms with E-state index in [1.165, 1.54) is 5.56 Å². The highest BCUT2D eigenvalue weighted by Gasteiger charge is 2.44. The quantitative estimate of drug-likeness (QED) is 0.528. The average molecular weight is 420 g/mol. The second-order valence-corrected chi connectivity index (χ2v) is 8.40. The summed E-state index contributed by atoms with van der Waals surface area (Å²) in [6.07, 6.45) is 5.84. The molecule has 0 bridgehead atoms. The Morgan fingerprint density at radius 1 is 1.26 bits per heavy atom. The Labute approximate surface area is 183 Å². The number of nitrogens with zero attached hydrogens (tertiary/aromatic N) is 3. The molecule has 1 aliphatic heterocycles. The number of hydrogen-bond donors (Lipinski definition) is 0. The van der Waals surface area contributed by atoms with Crippen LogP contribution in [0.25, 0.3) is 11.3 Å². The van der Waals surface area contributed by atoms with Crippen molar-refractivity contribution in [3.8, 4) is 11.3 Å². The van der Waals surface area contributed by atoms with E-state index in [9.17, 15) is 4.79 Å². The summed E-state index contributed by atoms with van der Waals surface area (Å²) in [4.78, 5) is 19.7. The minimum atomic E-state index is -0.639. The number of carbonyl (C=O) groups excluding carboxylic acids is 1. The maximum atomic E-state index is 13.1. The normalized spacial score (nSPS) is 19.3. The van der Waals surface area contributed by atoms with E-state index >= 15 is 0 Å². The Kier molecular flexibility index (Phi) is 6.47. The second-order valence-electron chi connectivity index (χ2n) is 8.40. The van der Waals surface area contributed by atoms with Gasteiger partial charge in [-0.3, -0.25) is 14.7 Å². The molecule has 0 saturated carbocycles. The van der Waals surface area contributed by atoms with Crippen LogP contribution in [0, 0.1) is 12.3 Å². The molecule has 0 radical (unpaired) electrons. The molecule has 0 amide bonds. The van der Waals surface area contributed by atoms with Gasteiger partial charge in [-0.25, -0.2) is 0 Å². The Balaban J connectivity index is 1.56. The fourth-order valence-electron chi connectivity index (χ4n) is 4.45. The van der Waals surface area contributed by atoms with E-state index in [1.54, 1.807) is 6.20 Å². The van der Waals surface area contributed by atoms with E-state index in [0.717, 1.165) is 42.8 Å². The Bertz CT molecular complexity index is 1020. The van der Waals surface area contributed by atoms with Gasteiger partial charge in [0.05, 0.1) is 12.0 Å². The highest BCUT2D eigenvalue weighted by Crippen LogP contribution is 2.36. The van der Waals surface area contributed by atoms with Gasteiger partial charge in [-0.1, -0.05) is 35.0 Å². The van der Waals surface area contributed by atoms with Gasteiger partial charge >= 0.3 is 5.97 Å². The Morgan fingerprint density at radius 3 is 2.94 bits per heavy atom. The van der Waals surface area contributed by atoms with E-state index in [2.05, 4.69) is 40.2 Å². The topological polar surface area (TPSA) is 68.5 Å². The molecule has 1 fully saturated rings. The van der Waals surface area contributed by atoms with Gasteiger partial charge in [0, 0.05) is 43.5 Å². The van der Waals surface area contributed by atoms with Crippen LogP contribution in [0.2, 0.25) is 0 Å². The van der Waals surface area contributed by atoms with E-state index in [0.29, 0.717) is 25.3 Å². The molecule has 0 N–H and O–H groups in total. The largest absolute Gasteiger partial charge is 0.466 e. The zero-order valence-electron chi connectivity index (χ0n) is 18.2. The van der Waals surface area contributed by atoms with Gasteiger partial charge in [0.25, 0.3) is 0 Å². The van der Waals surface area contributed by atoms with Crippen molar-refractivity contribution in [2.45, 2.75) is 39.7 Å². The molecule has 1 aromatic carbocycles. The van der Waals surface area contributed by atoms with Crippen molar-refractivity contribution in [1.82, 2.24) is 15.0 Å². The molecule has 1 unspecified atom stereocenters. The molecule has 0 spiro atoms. The third-order valence-electron chi connectivity index (χ3n) is 5.88. The summed E-state index contributed by atoms with van der Waals surface area (Å²) in [6.45, 7) is 6.61. The zero-order chi connectivity index (χ0) is 21.7. The number of aromatic nitrogens is 2. The van der Waals surface area contributed by atoms with Gasteiger partial charge in [0.2, 0.25) is 0 Å². The predicted octanol–water partition coefficient (Wildman–Crippen LogP) is 4.43. The van der Waals surface area contributed by atoms with E-state index < -0.39 is 5.41 Å². The number of hydrogen-bond acceptors (Lipinski definition) is 6. The average Bonchev–Trinajstić information content (AvgIpc) is 3.23. The van der Waals surface area contributed by atoms with Crippen molar-refractivity contribution in [2.24, 2.45) is 5.41 Å². The SMILES string of the molecule is CCOC(=O)C1(Cc2cc(-c3cccc(C)c3)no2)CCCN(Cc2cccnc2)C1. The van der Waals surface area contributed by atoms with E-state index in [1.807, 2.05) is 37.4 Å². The summed E-state index contributed by atoms with van der Waals surface area (Å²) in [5, 5.41) is 4.27. The monoisotopic (exact) mass is 419 g/mol. The fourth-order valence-corrected chi connectivity index (χ4v) is 4.45. The summed E-state index contributed by atoms with van der Waals surface area (Å²) in [6, 6.07) is 14.1. The van der Waals surface area contributed by atoms with Crippen LogP contribution < -0.4 is 0 Å². The lowest BCUT2D eigenvalue weighted by Gasteiger charge is -2.40. The van der Waals surface area contributed by atoms with E-state index in [-0.39, 0.29) is 5.97 Å². The molecular formula is C25H29N3O3. The lowest BCUT2D eigenvalue weighted by Crippen LogP contribution is -2.49. The molecule has 6 heteroatoms. The van der Waals surface area contributed by atoms with Crippen LogP contribution >= 0.6 is 0 Å². The van der Waals surface area contributed by atoms with Gasteiger partial charge in [0.1, 0.15) is 11.5 Å². The molecule has 3 heterocycles. The first-order valence-electron chi connectivity index (χ1n) is 10.9. The van der Waals surface area contributed by atoms with Crippen LogP contribution in [-0.4, -0.2) is 40.7 Å². The number of aryl methyl sites for hydroxylation is 1. The standard InChI is InChI=1S/C25H29N3O3/c1-3-30-24(29)25(10-6-12-28(18-25)17-20-8-5-11-26-16-20)15-22-14-23(27-31-22)21-9-4-7-19(2)13-21/h4-5,7-9,11,13-14,16H,3,6,10,12,15,17-18H2,1-2H3. The van der Waals surface area contributed by atoms with Crippen LogP contribution in [0.1, 0.15) is 36.7 Å². The molecule has 2 aromatic heterocycles. The molecule has 0 aliphatic carbocycles. The number of rotatable bonds is 7. The molecule has 3 aromatic rings. The van der Waals surface area contributed by atoms with Gasteiger partial charge in [0.15, 0.2) is 0 Å². The first-order chi connectivity index (χ1) is 15.1. The van der Waals surface area contributed by atoms with Gasteiger partial charge in [-0.2, -0.15) is 0 Å². The summed E-state index contributed by atoms with van der Waals surface area (Å²) in [7, 11) is 0. The highest BCUT2D eigenvalue weighted by atomic mass is 16.5. The van der Waals surface area contributed by atoms with Crippen LogP contribution in [0.15, 0.2) is 59.4 Å². The first-order valence-corrected chi connectivity index (χ1v) is 10.9. The molecular weight excluding hydrogens is 390 g/mol. The first kappa shape index (κ1) is 21.2. The number of carbonyl (C=O) groups is 1. The van der Waals surface area contributed by atoms with Crippen molar-refractivity contribution < 1.29 is 14.1 Å². The maximum absolute atomic E-state index is 13.1. The molecule has 1 aliphatic rings. The molecule has 4 rings (SSSR count). The molecule has 6 nitrogen and oxygen atoms in total. The molecule has 1 saturated heterocycles. The number of ether oxygens (including phenoxy) is 1. The van der Waals surface area contributed by atoms with Crippen molar-refractivity contribution >= 4 is 5.97 Å². The smallest absolute Gasteiger partial charge is 0.313 e. The Hall–Kier alpha value is -2.99. The van der Waals surface area contributed by atoms with Crippen molar-refractivity contribution in [2.75, 3.05) is 19.7 Å². The number of piperidine rings is 1. The summed E-state index contributed by atoms with van der Waals surface area (Å²) in [5.41, 5.74) is 3.48.